The quantitative estimate of drug-likeness (QED) is 0.816. The molecule has 3 heteroatoms. The molecule has 2 atom stereocenters. The number of thiophene rings is 1. The molecule has 0 aromatic carbocycles. The van der Waals surface area contributed by atoms with Crippen LogP contribution in [0.4, 0.5) is 0 Å². The molecule has 72 valence electrons. The second-order valence-electron chi connectivity index (χ2n) is 3.44. The molecule has 1 nitrogen and oxygen atoms in total. The van der Waals surface area contributed by atoms with E-state index in [1.54, 1.807) is 11.3 Å². The van der Waals surface area contributed by atoms with Crippen molar-refractivity contribution in [1.29, 1.82) is 0 Å². The van der Waals surface area contributed by atoms with Crippen molar-refractivity contribution in [2.45, 2.75) is 41.2 Å². The van der Waals surface area contributed by atoms with E-state index in [1.165, 1.54) is 23.5 Å². The Bertz CT molecular complexity index is 245. The van der Waals surface area contributed by atoms with Crippen LogP contribution in [0.25, 0.3) is 0 Å². The summed E-state index contributed by atoms with van der Waals surface area (Å²) in [5, 5.41) is 12.3. The van der Waals surface area contributed by atoms with Gasteiger partial charge < -0.3 is 5.11 Å². The van der Waals surface area contributed by atoms with Crippen LogP contribution in [0.2, 0.25) is 0 Å². The molecule has 1 fully saturated rings. The first-order valence-electron chi connectivity index (χ1n) is 4.74. The lowest BCUT2D eigenvalue weighted by atomic mass is 9.97. The molecule has 2 rings (SSSR count). The van der Waals surface area contributed by atoms with Crippen molar-refractivity contribution < 1.29 is 5.11 Å². The molecule has 0 amide bonds. The zero-order valence-corrected chi connectivity index (χ0v) is 9.11. The van der Waals surface area contributed by atoms with Crippen LogP contribution in [0.15, 0.2) is 21.7 Å². The summed E-state index contributed by atoms with van der Waals surface area (Å²) in [7, 11) is 0. The van der Waals surface area contributed by atoms with Gasteiger partial charge in [-0.3, -0.25) is 0 Å². The lowest BCUT2D eigenvalue weighted by molar-refractivity contribution is 0.137. The lowest BCUT2D eigenvalue weighted by Crippen LogP contribution is -2.26. The summed E-state index contributed by atoms with van der Waals surface area (Å²) in [6.45, 7) is 0. The minimum absolute atomic E-state index is 0.0825. The third-order valence-electron chi connectivity index (χ3n) is 2.43. The Morgan fingerprint density at radius 2 is 2.23 bits per heavy atom. The Hall–Kier alpha value is 0.01000. The van der Waals surface area contributed by atoms with E-state index in [0.29, 0.717) is 5.25 Å². The molecule has 1 heterocycles. The molecule has 0 saturated heterocycles. The highest BCUT2D eigenvalue weighted by Crippen LogP contribution is 2.35. The second kappa shape index (κ2) is 4.49. The number of rotatable bonds is 2. The van der Waals surface area contributed by atoms with E-state index in [9.17, 15) is 5.11 Å². The van der Waals surface area contributed by atoms with E-state index in [-0.39, 0.29) is 6.10 Å². The van der Waals surface area contributed by atoms with Gasteiger partial charge in [0.05, 0.1) is 10.3 Å². The summed E-state index contributed by atoms with van der Waals surface area (Å²) < 4.78 is 1.34. The second-order valence-corrected chi connectivity index (χ2v) is 5.93. The van der Waals surface area contributed by atoms with Gasteiger partial charge in [0.15, 0.2) is 0 Å². The molecule has 1 aromatic rings. The minimum atomic E-state index is -0.0825. The molecule has 1 saturated carbocycles. The molecule has 0 spiro atoms. The van der Waals surface area contributed by atoms with Crippen molar-refractivity contribution in [2.24, 2.45) is 0 Å². The van der Waals surface area contributed by atoms with E-state index in [4.69, 9.17) is 0 Å². The van der Waals surface area contributed by atoms with Gasteiger partial charge in [-0.05, 0) is 24.3 Å². The Kier molecular flexibility index (Phi) is 3.30. The molecule has 0 bridgehead atoms. The molecule has 1 N–H and O–H groups in total. The Labute approximate surface area is 87.2 Å². The number of hydrogen-bond acceptors (Lipinski definition) is 3. The maximum atomic E-state index is 9.75. The number of hydrogen-bond donors (Lipinski definition) is 1. The summed E-state index contributed by atoms with van der Waals surface area (Å²) in [6, 6.07) is 4.21. The van der Waals surface area contributed by atoms with Gasteiger partial charge >= 0.3 is 0 Å². The normalized spacial score (nSPS) is 29.0. The van der Waals surface area contributed by atoms with Crippen LogP contribution in [0.3, 0.4) is 0 Å². The van der Waals surface area contributed by atoms with Crippen LogP contribution in [-0.2, 0) is 0 Å². The fourth-order valence-corrected chi connectivity index (χ4v) is 3.94. The van der Waals surface area contributed by atoms with Crippen molar-refractivity contribution in [1.82, 2.24) is 0 Å². The van der Waals surface area contributed by atoms with Crippen molar-refractivity contribution in [3.8, 4) is 0 Å². The third-order valence-corrected chi connectivity index (χ3v) is 4.89. The first-order chi connectivity index (χ1) is 6.36. The largest absolute Gasteiger partial charge is 0.392 e. The van der Waals surface area contributed by atoms with Crippen LogP contribution in [-0.4, -0.2) is 16.5 Å². The van der Waals surface area contributed by atoms with Crippen LogP contribution >= 0.6 is 23.1 Å². The first-order valence-corrected chi connectivity index (χ1v) is 6.50. The third kappa shape index (κ3) is 2.48. The average molecular weight is 214 g/mol. The summed E-state index contributed by atoms with van der Waals surface area (Å²) in [4.78, 5) is 0. The van der Waals surface area contributed by atoms with Crippen molar-refractivity contribution in [2.75, 3.05) is 0 Å². The Morgan fingerprint density at radius 1 is 1.38 bits per heavy atom. The monoisotopic (exact) mass is 214 g/mol. The van der Waals surface area contributed by atoms with Gasteiger partial charge in [0.25, 0.3) is 0 Å². The van der Waals surface area contributed by atoms with Crippen LogP contribution < -0.4 is 0 Å². The maximum Gasteiger partial charge on any atom is 0.0662 e. The van der Waals surface area contributed by atoms with Crippen LogP contribution in [0.5, 0.6) is 0 Å². The van der Waals surface area contributed by atoms with Crippen molar-refractivity contribution in [3.05, 3.63) is 17.5 Å². The zero-order chi connectivity index (χ0) is 9.10. The van der Waals surface area contributed by atoms with E-state index >= 15 is 0 Å². The summed E-state index contributed by atoms with van der Waals surface area (Å²) in [5.74, 6) is 0. The topological polar surface area (TPSA) is 20.2 Å². The van der Waals surface area contributed by atoms with Crippen molar-refractivity contribution in [3.63, 3.8) is 0 Å². The number of thioether (sulfide) groups is 1. The molecule has 0 aliphatic heterocycles. The zero-order valence-electron chi connectivity index (χ0n) is 7.48. The standard InChI is InChI=1S/C10H14OS2/c11-8-4-1-2-5-9(8)13-10-6-3-7-12-10/h3,6-9,11H,1-2,4-5H2/t8-,9-/m1/s1. The lowest BCUT2D eigenvalue weighted by Gasteiger charge is -2.26. The molecule has 1 aliphatic rings. The summed E-state index contributed by atoms with van der Waals surface area (Å²) >= 11 is 3.62. The first kappa shape index (κ1) is 9.56. The number of aliphatic hydroxyl groups is 1. The van der Waals surface area contributed by atoms with Gasteiger partial charge in [0.2, 0.25) is 0 Å². The Balaban J connectivity index is 1.93. The predicted molar refractivity (Wildman–Crippen MR) is 58.4 cm³/mol. The van der Waals surface area contributed by atoms with E-state index in [0.717, 1.165) is 6.42 Å². The molecule has 0 unspecified atom stereocenters. The summed E-state index contributed by atoms with van der Waals surface area (Å²) in [6.07, 6.45) is 4.55. The highest BCUT2D eigenvalue weighted by molar-refractivity contribution is 8.01. The summed E-state index contributed by atoms with van der Waals surface area (Å²) in [5.41, 5.74) is 0. The fourth-order valence-electron chi connectivity index (χ4n) is 1.69. The van der Waals surface area contributed by atoms with Gasteiger partial charge in [-0.1, -0.05) is 18.9 Å². The van der Waals surface area contributed by atoms with Crippen LogP contribution in [0, 0.1) is 0 Å². The predicted octanol–water partition coefficient (Wildman–Crippen LogP) is 3.14. The van der Waals surface area contributed by atoms with E-state index in [1.807, 2.05) is 11.8 Å². The highest BCUT2D eigenvalue weighted by Gasteiger charge is 2.23. The molecule has 1 aromatic heterocycles. The average Bonchev–Trinajstić information content (AvgIpc) is 2.61. The van der Waals surface area contributed by atoms with Gasteiger partial charge in [0, 0.05) is 5.25 Å². The van der Waals surface area contributed by atoms with Gasteiger partial charge in [-0.15, -0.1) is 23.1 Å². The fraction of sp³-hybridized carbons (Fsp3) is 0.600. The number of aliphatic hydroxyl groups excluding tert-OH is 1. The van der Waals surface area contributed by atoms with Gasteiger partial charge in [-0.2, -0.15) is 0 Å². The van der Waals surface area contributed by atoms with Gasteiger partial charge in [0.1, 0.15) is 0 Å². The SMILES string of the molecule is O[C@@H]1CCCC[C@H]1Sc1cccs1. The highest BCUT2D eigenvalue weighted by atomic mass is 32.2. The molecular formula is C10H14OS2. The smallest absolute Gasteiger partial charge is 0.0662 e. The minimum Gasteiger partial charge on any atom is -0.392 e. The molecular weight excluding hydrogens is 200 g/mol. The van der Waals surface area contributed by atoms with E-state index < -0.39 is 0 Å². The molecule has 13 heavy (non-hydrogen) atoms. The van der Waals surface area contributed by atoms with Crippen LogP contribution in [0.1, 0.15) is 25.7 Å². The molecule has 1 aliphatic carbocycles. The molecule has 0 radical (unpaired) electrons. The Morgan fingerprint density at radius 3 is 2.92 bits per heavy atom. The van der Waals surface area contributed by atoms with Crippen molar-refractivity contribution >= 4 is 23.1 Å². The van der Waals surface area contributed by atoms with Gasteiger partial charge in [-0.25, -0.2) is 0 Å². The van der Waals surface area contributed by atoms with E-state index in [2.05, 4.69) is 17.5 Å². The maximum absolute atomic E-state index is 9.75.